The minimum atomic E-state index is -2.13. The van der Waals surface area contributed by atoms with Gasteiger partial charge in [-0.15, -0.1) is 0 Å². The largest absolute Gasteiger partial charge is 0.455 e. The average Bonchev–Trinajstić information content (AvgIpc) is 3.74. The van der Waals surface area contributed by atoms with Gasteiger partial charge >= 0.3 is 5.97 Å². The molecule has 7 heteroatoms. The fraction of sp³-hybridized carbons (Fsp3) is 0.889. The topological polar surface area (TPSA) is 117 Å². The fourth-order valence-corrected chi connectivity index (χ4v) is 10.1. The number of epoxide rings is 1. The first-order chi connectivity index (χ1) is 20.3. The lowest BCUT2D eigenvalue weighted by atomic mass is 9.59. The minimum absolute atomic E-state index is 0.0379. The van der Waals surface area contributed by atoms with Crippen molar-refractivity contribution in [3.8, 4) is 0 Å². The first-order valence-electron chi connectivity index (χ1n) is 17.5. The molecule has 3 saturated carbocycles. The normalized spacial score (nSPS) is 43.6. The van der Waals surface area contributed by atoms with E-state index in [4.69, 9.17) is 9.47 Å². The molecule has 2 bridgehead atoms. The van der Waals surface area contributed by atoms with Gasteiger partial charge in [-0.3, -0.25) is 9.59 Å². The van der Waals surface area contributed by atoms with Gasteiger partial charge in [0.25, 0.3) is 0 Å². The molecule has 1 saturated heterocycles. The SMILES string of the molecule is CCCCCCCCCCCCCCC(=O)O[C@H]1C(C)=C[C@@]23C(=O)[C@H]([C@H]4[C@@H](C[C@H]2C)C4(C)C)[C@@]2(C)O[C@@]2(CO)[C@@H](O)[C@]13O. The standard InChI is InChI=1S/C36H58O7/c1-7-8-9-10-11-12-13-14-15-16-17-18-19-26(38)42-30-23(2)21-34-24(3)20-25-27(32(25,4)5)28(29(34)39)33(6)35(22-37,43-33)31(40)36(30,34)41/h21,24-25,27-28,30-31,37,40-41H,7-20,22H2,1-6H3/t24-,25-,27-,28+,30+,31-,33-,34+,35+,36-/m1/s1. The Morgan fingerprint density at radius 2 is 1.56 bits per heavy atom. The molecule has 1 spiro atoms. The van der Waals surface area contributed by atoms with Crippen LogP contribution in [0.1, 0.15) is 131 Å². The summed E-state index contributed by atoms with van der Waals surface area (Å²) in [7, 11) is 0. The maximum absolute atomic E-state index is 14.8. The van der Waals surface area contributed by atoms with Gasteiger partial charge in [-0.25, -0.2) is 0 Å². The van der Waals surface area contributed by atoms with Gasteiger partial charge < -0.3 is 24.8 Å². The smallest absolute Gasteiger partial charge is 0.306 e. The summed E-state index contributed by atoms with van der Waals surface area (Å²) in [5.74, 6) is -1.13. The molecule has 0 aromatic carbocycles. The molecule has 7 nitrogen and oxygen atoms in total. The van der Waals surface area contributed by atoms with E-state index in [1.54, 1.807) is 19.9 Å². The maximum Gasteiger partial charge on any atom is 0.306 e. The van der Waals surface area contributed by atoms with E-state index in [9.17, 15) is 24.9 Å². The van der Waals surface area contributed by atoms with Crippen LogP contribution >= 0.6 is 0 Å². The van der Waals surface area contributed by atoms with E-state index in [0.717, 1.165) is 19.3 Å². The number of carbonyl (C=O) groups excluding carboxylic acids is 2. The van der Waals surface area contributed by atoms with Crippen LogP contribution in [0.15, 0.2) is 11.6 Å². The molecule has 4 fully saturated rings. The quantitative estimate of drug-likeness (QED) is 0.0903. The Morgan fingerprint density at radius 1 is 1.00 bits per heavy atom. The number of rotatable bonds is 15. The number of hydrogen-bond donors (Lipinski definition) is 3. The van der Waals surface area contributed by atoms with Gasteiger partial charge in [0.1, 0.15) is 17.3 Å². The number of carbonyl (C=O) groups is 2. The van der Waals surface area contributed by atoms with E-state index in [2.05, 4.69) is 20.8 Å². The Bertz CT molecular complexity index is 1100. The molecule has 0 aromatic rings. The molecule has 0 aromatic heterocycles. The number of ether oxygens (including phenoxy) is 2. The lowest BCUT2D eigenvalue weighted by Crippen LogP contribution is -2.68. The highest BCUT2D eigenvalue weighted by Gasteiger charge is 2.90. The average molecular weight is 603 g/mol. The van der Waals surface area contributed by atoms with Gasteiger partial charge in [-0.2, -0.15) is 0 Å². The van der Waals surface area contributed by atoms with Gasteiger partial charge in [0.2, 0.25) is 0 Å². The van der Waals surface area contributed by atoms with Crippen LogP contribution in [-0.2, 0) is 19.1 Å². The van der Waals surface area contributed by atoms with Gasteiger partial charge in [-0.05, 0) is 55.4 Å². The van der Waals surface area contributed by atoms with E-state index in [0.29, 0.717) is 12.0 Å². The van der Waals surface area contributed by atoms with Crippen molar-refractivity contribution in [3.05, 3.63) is 11.6 Å². The molecule has 1 heterocycles. The van der Waals surface area contributed by atoms with Crippen LogP contribution in [0.3, 0.4) is 0 Å². The Hall–Kier alpha value is -1.28. The van der Waals surface area contributed by atoms with E-state index in [1.807, 2.05) is 6.92 Å². The third kappa shape index (κ3) is 4.80. The van der Waals surface area contributed by atoms with Crippen molar-refractivity contribution in [2.24, 2.45) is 34.5 Å². The second kappa shape index (κ2) is 11.8. The summed E-state index contributed by atoms with van der Waals surface area (Å²) < 4.78 is 12.2. The minimum Gasteiger partial charge on any atom is -0.455 e. The van der Waals surface area contributed by atoms with Crippen LogP contribution in [0.4, 0.5) is 0 Å². The molecule has 0 unspecified atom stereocenters. The van der Waals surface area contributed by atoms with Crippen molar-refractivity contribution in [2.45, 2.75) is 160 Å². The van der Waals surface area contributed by atoms with E-state index in [1.165, 1.54) is 57.8 Å². The predicted molar refractivity (Wildman–Crippen MR) is 165 cm³/mol. The number of ketones is 1. The summed E-state index contributed by atoms with van der Waals surface area (Å²) in [6, 6.07) is 0. The maximum atomic E-state index is 14.8. The Morgan fingerprint density at radius 3 is 2.12 bits per heavy atom. The summed E-state index contributed by atoms with van der Waals surface area (Å²) >= 11 is 0. The number of Topliss-reactive ketones (excluding diaryl/α,β-unsaturated/α-hetero) is 1. The number of fused-ring (bicyclic) bond motifs is 5. The van der Waals surface area contributed by atoms with Crippen molar-refractivity contribution in [2.75, 3.05) is 6.61 Å². The molecule has 5 rings (SSSR count). The Kier molecular flexibility index (Phi) is 9.10. The zero-order valence-corrected chi connectivity index (χ0v) is 27.6. The number of aliphatic hydroxyl groups excluding tert-OH is 2. The molecule has 0 amide bonds. The second-order valence-electron chi connectivity index (χ2n) is 15.7. The molecule has 10 atom stereocenters. The first kappa shape index (κ1) is 33.1. The number of hydrogen-bond acceptors (Lipinski definition) is 7. The van der Waals surface area contributed by atoms with Crippen molar-refractivity contribution < 1.29 is 34.4 Å². The van der Waals surface area contributed by atoms with E-state index >= 15 is 0 Å². The van der Waals surface area contributed by atoms with E-state index in [-0.39, 0.29) is 35.4 Å². The summed E-state index contributed by atoms with van der Waals surface area (Å²) in [5.41, 5.74) is -5.64. The monoisotopic (exact) mass is 602 g/mol. The highest BCUT2D eigenvalue weighted by molar-refractivity contribution is 5.95. The third-order valence-electron chi connectivity index (χ3n) is 12.9. The molecule has 5 aliphatic rings. The fourth-order valence-electron chi connectivity index (χ4n) is 10.1. The highest BCUT2D eigenvalue weighted by atomic mass is 16.7. The van der Waals surface area contributed by atoms with Gasteiger partial charge in [0.15, 0.2) is 17.5 Å². The summed E-state index contributed by atoms with van der Waals surface area (Å²) in [6.07, 6.45) is 14.3. The van der Waals surface area contributed by atoms with Gasteiger partial charge in [0.05, 0.1) is 17.9 Å². The van der Waals surface area contributed by atoms with Crippen LogP contribution in [0.5, 0.6) is 0 Å². The number of unbranched alkanes of at least 4 members (excludes halogenated alkanes) is 11. The highest BCUT2D eigenvalue weighted by Crippen LogP contribution is 2.78. The van der Waals surface area contributed by atoms with Crippen LogP contribution < -0.4 is 0 Å². The Labute approximate surface area is 259 Å². The van der Waals surface area contributed by atoms with Crippen molar-refractivity contribution >= 4 is 11.8 Å². The predicted octanol–water partition coefficient (Wildman–Crippen LogP) is 6.06. The lowest BCUT2D eigenvalue weighted by molar-refractivity contribution is -0.222. The molecule has 3 N–H and O–H groups in total. The molecule has 244 valence electrons. The van der Waals surface area contributed by atoms with E-state index < -0.39 is 52.9 Å². The van der Waals surface area contributed by atoms with Crippen LogP contribution in [0, 0.1) is 34.5 Å². The third-order valence-corrected chi connectivity index (χ3v) is 12.9. The van der Waals surface area contributed by atoms with Crippen molar-refractivity contribution in [1.29, 1.82) is 0 Å². The van der Waals surface area contributed by atoms with Crippen LogP contribution in [-0.4, -0.2) is 62.7 Å². The zero-order chi connectivity index (χ0) is 31.4. The lowest BCUT2D eigenvalue weighted by Gasteiger charge is -2.49. The zero-order valence-electron chi connectivity index (χ0n) is 27.6. The van der Waals surface area contributed by atoms with Gasteiger partial charge in [0, 0.05) is 6.42 Å². The molecule has 4 aliphatic carbocycles. The molecule has 0 radical (unpaired) electrons. The van der Waals surface area contributed by atoms with Gasteiger partial charge in [-0.1, -0.05) is 104 Å². The van der Waals surface area contributed by atoms with Crippen LogP contribution in [0.25, 0.3) is 0 Å². The van der Waals surface area contributed by atoms with Crippen molar-refractivity contribution in [1.82, 2.24) is 0 Å². The summed E-state index contributed by atoms with van der Waals surface area (Å²) in [4.78, 5) is 28.0. The molecule has 1 aliphatic heterocycles. The number of esters is 1. The number of aliphatic hydroxyl groups is 3. The Balaban J connectivity index is 1.24. The van der Waals surface area contributed by atoms with Crippen LogP contribution in [0.2, 0.25) is 0 Å². The summed E-state index contributed by atoms with van der Waals surface area (Å²) in [5, 5.41) is 35.4. The molecular formula is C36H58O7. The van der Waals surface area contributed by atoms with Crippen molar-refractivity contribution in [3.63, 3.8) is 0 Å². The molecular weight excluding hydrogens is 544 g/mol. The first-order valence-corrected chi connectivity index (χ1v) is 17.5. The molecule has 43 heavy (non-hydrogen) atoms. The summed E-state index contributed by atoms with van der Waals surface area (Å²) in [6.45, 7) is 11.6. The second-order valence-corrected chi connectivity index (χ2v) is 15.7.